The van der Waals surface area contributed by atoms with Gasteiger partial charge in [0.1, 0.15) is 5.69 Å². The molecule has 1 aromatic rings. The lowest BCUT2D eigenvalue weighted by atomic mass is 10.2. The number of aromatic nitrogens is 2. The minimum atomic E-state index is -0.237. The number of nitrogens with one attached hydrogen (secondary N) is 1. The molecule has 2 heterocycles. The topological polar surface area (TPSA) is 76.5 Å². The number of carbonyl (C=O) groups excluding carboxylic acids is 2. The molecule has 1 aliphatic heterocycles. The van der Waals surface area contributed by atoms with E-state index in [-0.39, 0.29) is 11.8 Å². The first-order chi connectivity index (χ1) is 10.7. The van der Waals surface area contributed by atoms with Crippen molar-refractivity contribution in [2.75, 3.05) is 33.4 Å². The van der Waals surface area contributed by atoms with Crippen molar-refractivity contribution in [2.45, 2.75) is 25.8 Å². The molecule has 1 aliphatic carbocycles. The minimum Gasteiger partial charge on any atom is -0.385 e. The lowest BCUT2D eigenvalue weighted by molar-refractivity contribution is 0.0688. The van der Waals surface area contributed by atoms with Gasteiger partial charge >= 0.3 is 0 Å². The highest BCUT2D eigenvalue weighted by atomic mass is 16.5. The molecule has 22 heavy (non-hydrogen) atoms. The van der Waals surface area contributed by atoms with E-state index in [2.05, 4.69) is 10.4 Å². The van der Waals surface area contributed by atoms with E-state index in [1.165, 1.54) is 12.8 Å². The molecule has 120 valence electrons. The van der Waals surface area contributed by atoms with Gasteiger partial charge in [0, 0.05) is 39.4 Å². The molecule has 1 aromatic heterocycles. The number of carbonyl (C=O) groups is 2. The third-order valence-electron chi connectivity index (χ3n) is 4.09. The molecule has 0 spiro atoms. The van der Waals surface area contributed by atoms with Crippen LogP contribution in [0.2, 0.25) is 0 Å². The van der Waals surface area contributed by atoms with Gasteiger partial charge in [0.2, 0.25) is 0 Å². The van der Waals surface area contributed by atoms with Crippen molar-refractivity contribution in [3.8, 4) is 0 Å². The number of fused-ring (bicyclic) bond motifs is 1. The van der Waals surface area contributed by atoms with E-state index in [0.29, 0.717) is 43.5 Å². The Balaban J connectivity index is 1.61. The normalized spacial score (nSPS) is 17.5. The molecule has 7 nitrogen and oxygen atoms in total. The van der Waals surface area contributed by atoms with E-state index in [0.717, 1.165) is 13.0 Å². The predicted octanol–water partition coefficient (Wildman–Crippen LogP) is 0.515. The van der Waals surface area contributed by atoms with Gasteiger partial charge < -0.3 is 15.0 Å². The fourth-order valence-corrected chi connectivity index (χ4v) is 2.64. The molecule has 0 unspecified atom stereocenters. The lowest BCUT2D eigenvalue weighted by Gasteiger charge is -2.27. The van der Waals surface area contributed by atoms with Gasteiger partial charge in [-0.05, 0) is 25.2 Å². The fraction of sp³-hybridized carbons (Fsp3) is 0.667. The van der Waals surface area contributed by atoms with Gasteiger partial charge in [-0.2, -0.15) is 5.10 Å². The molecule has 0 aromatic carbocycles. The quantitative estimate of drug-likeness (QED) is 0.745. The number of nitrogens with zero attached hydrogens (tertiary/aromatic N) is 3. The fourth-order valence-electron chi connectivity index (χ4n) is 2.64. The summed E-state index contributed by atoms with van der Waals surface area (Å²) in [5, 5.41) is 7.05. The summed E-state index contributed by atoms with van der Waals surface area (Å²) in [4.78, 5) is 26.4. The molecule has 0 bridgehead atoms. The lowest BCUT2D eigenvalue weighted by Crippen LogP contribution is -2.41. The molecule has 0 atom stereocenters. The zero-order valence-electron chi connectivity index (χ0n) is 12.9. The zero-order chi connectivity index (χ0) is 15.5. The monoisotopic (exact) mass is 306 g/mol. The summed E-state index contributed by atoms with van der Waals surface area (Å²) in [5.74, 6) is 0.422. The molecule has 0 saturated heterocycles. The molecular formula is C15H22N4O3. The third kappa shape index (κ3) is 3.30. The van der Waals surface area contributed by atoms with Crippen LogP contribution >= 0.6 is 0 Å². The number of hydrogen-bond donors (Lipinski definition) is 1. The van der Waals surface area contributed by atoms with Crippen LogP contribution in [0.5, 0.6) is 0 Å². The van der Waals surface area contributed by atoms with Gasteiger partial charge in [-0.15, -0.1) is 0 Å². The van der Waals surface area contributed by atoms with Crippen molar-refractivity contribution >= 4 is 11.8 Å². The minimum absolute atomic E-state index is 0.0101. The summed E-state index contributed by atoms with van der Waals surface area (Å²) < 4.78 is 6.59. The summed E-state index contributed by atoms with van der Waals surface area (Å²) in [6.45, 7) is 3.32. The second-order valence-corrected chi connectivity index (χ2v) is 5.93. The number of hydrogen-bond acceptors (Lipinski definition) is 4. The summed E-state index contributed by atoms with van der Waals surface area (Å²) in [5.41, 5.74) is 0.836. The maximum absolute atomic E-state index is 12.4. The van der Waals surface area contributed by atoms with Crippen molar-refractivity contribution in [3.63, 3.8) is 0 Å². The number of amides is 2. The number of methoxy groups -OCH3 is 1. The van der Waals surface area contributed by atoms with Crippen LogP contribution in [-0.2, 0) is 11.3 Å². The summed E-state index contributed by atoms with van der Waals surface area (Å²) >= 11 is 0. The van der Waals surface area contributed by atoms with Crippen LogP contribution in [0, 0.1) is 5.92 Å². The molecule has 3 rings (SSSR count). The molecule has 2 aliphatic rings. The smallest absolute Gasteiger partial charge is 0.272 e. The average Bonchev–Trinajstić information content (AvgIpc) is 3.22. The maximum Gasteiger partial charge on any atom is 0.272 e. The highest BCUT2D eigenvalue weighted by molar-refractivity contribution is 5.98. The van der Waals surface area contributed by atoms with Crippen molar-refractivity contribution in [3.05, 3.63) is 17.5 Å². The van der Waals surface area contributed by atoms with E-state index in [1.807, 2.05) is 4.90 Å². The van der Waals surface area contributed by atoms with E-state index < -0.39 is 0 Å². The Morgan fingerprint density at radius 2 is 2.27 bits per heavy atom. The van der Waals surface area contributed by atoms with Crippen LogP contribution in [0.1, 0.15) is 40.2 Å². The number of ether oxygens (including phenoxy) is 1. The first kappa shape index (κ1) is 15.0. The van der Waals surface area contributed by atoms with Crippen molar-refractivity contribution in [1.82, 2.24) is 20.0 Å². The predicted molar refractivity (Wildman–Crippen MR) is 79.7 cm³/mol. The van der Waals surface area contributed by atoms with Crippen LogP contribution in [0.15, 0.2) is 6.07 Å². The average molecular weight is 306 g/mol. The maximum atomic E-state index is 12.4. The SMILES string of the molecule is COCCCNC(=O)c1cc2n(n1)CCN(CC1CC1)C2=O. The van der Waals surface area contributed by atoms with Crippen LogP contribution in [0.25, 0.3) is 0 Å². The summed E-state index contributed by atoms with van der Waals surface area (Å²) in [6, 6.07) is 1.60. The Bertz CT molecular complexity index is 565. The Morgan fingerprint density at radius 3 is 3.00 bits per heavy atom. The van der Waals surface area contributed by atoms with Gasteiger partial charge in [0.25, 0.3) is 11.8 Å². The molecule has 0 radical (unpaired) electrons. The second-order valence-electron chi connectivity index (χ2n) is 5.93. The first-order valence-electron chi connectivity index (χ1n) is 7.83. The van der Waals surface area contributed by atoms with E-state index in [4.69, 9.17) is 4.74 Å². The summed E-state index contributed by atoms with van der Waals surface area (Å²) in [7, 11) is 1.63. The van der Waals surface area contributed by atoms with Gasteiger partial charge in [0.05, 0.1) is 6.54 Å². The Hall–Kier alpha value is -1.89. The molecule has 1 N–H and O–H groups in total. The highest BCUT2D eigenvalue weighted by Crippen LogP contribution is 2.30. The van der Waals surface area contributed by atoms with E-state index in [1.54, 1.807) is 17.9 Å². The number of rotatable bonds is 7. The van der Waals surface area contributed by atoms with Crippen LogP contribution in [0.4, 0.5) is 0 Å². The molecule has 1 fully saturated rings. The van der Waals surface area contributed by atoms with E-state index in [9.17, 15) is 9.59 Å². The Kier molecular flexibility index (Phi) is 4.42. The van der Waals surface area contributed by atoms with Crippen molar-refractivity contribution in [1.29, 1.82) is 0 Å². The summed E-state index contributed by atoms with van der Waals surface area (Å²) in [6.07, 6.45) is 3.19. The van der Waals surface area contributed by atoms with Crippen LogP contribution in [-0.4, -0.2) is 59.8 Å². The van der Waals surface area contributed by atoms with E-state index >= 15 is 0 Å². The standard InChI is InChI=1S/C15H22N4O3/c1-22-8-2-5-16-14(20)12-9-13-15(21)18(10-11-3-4-11)6-7-19(13)17-12/h9,11H,2-8,10H2,1H3,(H,16,20). The molecule has 2 amide bonds. The zero-order valence-corrected chi connectivity index (χ0v) is 12.9. The Morgan fingerprint density at radius 1 is 1.45 bits per heavy atom. The Labute approximate surface area is 129 Å². The van der Waals surface area contributed by atoms with Crippen LogP contribution in [0.3, 0.4) is 0 Å². The van der Waals surface area contributed by atoms with Gasteiger partial charge in [-0.1, -0.05) is 0 Å². The van der Waals surface area contributed by atoms with Crippen molar-refractivity contribution in [2.24, 2.45) is 5.92 Å². The first-order valence-corrected chi connectivity index (χ1v) is 7.83. The molecule has 7 heteroatoms. The van der Waals surface area contributed by atoms with Crippen molar-refractivity contribution < 1.29 is 14.3 Å². The van der Waals surface area contributed by atoms with Crippen LogP contribution < -0.4 is 5.32 Å². The highest BCUT2D eigenvalue weighted by Gasteiger charge is 2.32. The molecular weight excluding hydrogens is 284 g/mol. The second kappa shape index (κ2) is 6.48. The van der Waals surface area contributed by atoms with Gasteiger partial charge in [-0.25, -0.2) is 0 Å². The van der Waals surface area contributed by atoms with Gasteiger partial charge in [-0.3, -0.25) is 14.3 Å². The third-order valence-corrected chi connectivity index (χ3v) is 4.09. The van der Waals surface area contributed by atoms with Gasteiger partial charge in [0.15, 0.2) is 5.69 Å². The largest absolute Gasteiger partial charge is 0.385 e. The molecule has 1 saturated carbocycles.